The first-order chi connectivity index (χ1) is 6.97. The van der Waals surface area contributed by atoms with Crippen molar-refractivity contribution in [3.63, 3.8) is 0 Å². The van der Waals surface area contributed by atoms with E-state index in [0.29, 0.717) is 17.9 Å². The highest BCUT2D eigenvalue weighted by molar-refractivity contribution is 5.18. The summed E-state index contributed by atoms with van der Waals surface area (Å²) in [5.41, 5.74) is 6.49. The maximum Gasteiger partial charge on any atom is 0.126 e. The van der Waals surface area contributed by atoms with Crippen molar-refractivity contribution in [1.29, 1.82) is 0 Å². The molecule has 2 N–H and O–H groups in total. The van der Waals surface area contributed by atoms with Gasteiger partial charge in [-0.2, -0.15) is 0 Å². The molecule has 15 heavy (non-hydrogen) atoms. The van der Waals surface area contributed by atoms with Gasteiger partial charge in [0.2, 0.25) is 0 Å². The van der Waals surface area contributed by atoms with Crippen molar-refractivity contribution >= 4 is 0 Å². The van der Waals surface area contributed by atoms with Crippen LogP contribution >= 0.6 is 0 Å². The largest absolute Gasteiger partial charge is 0.327 e. The van der Waals surface area contributed by atoms with E-state index in [1.54, 1.807) is 0 Å². The zero-order valence-corrected chi connectivity index (χ0v) is 9.13. The van der Waals surface area contributed by atoms with Crippen LogP contribution < -0.4 is 5.73 Å². The molecule has 0 heterocycles. The average Bonchev–Trinajstić information content (AvgIpc) is 1.98. The summed E-state index contributed by atoms with van der Waals surface area (Å²) in [4.78, 5) is 0. The summed E-state index contributed by atoms with van der Waals surface area (Å²) in [6, 6.07) is 3.51. The van der Waals surface area contributed by atoms with Crippen LogP contribution in [0.1, 0.15) is 25.8 Å². The molecule has 0 aliphatic heterocycles. The van der Waals surface area contributed by atoms with Crippen LogP contribution in [0, 0.1) is 17.6 Å². The van der Waals surface area contributed by atoms with Crippen molar-refractivity contribution in [2.75, 3.05) is 0 Å². The van der Waals surface area contributed by atoms with E-state index < -0.39 is 11.6 Å². The Balaban J connectivity index is 2.63. The number of hydrogen-bond donors (Lipinski definition) is 1. The first-order valence-corrected chi connectivity index (χ1v) is 5.18. The Bertz CT molecular complexity index is 303. The molecule has 0 aromatic heterocycles. The molecule has 0 radical (unpaired) electrons. The van der Waals surface area contributed by atoms with Crippen molar-refractivity contribution in [2.45, 2.75) is 32.7 Å². The highest BCUT2D eigenvalue weighted by Crippen LogP contribution is 2.12. The topological polar surface area (TPSA) is 26.0 Å². The molecule has 0 aliphatic carbocycles. The Kier molecular flexibility index (Phi) is 4.21. The first kappa shape index (κ1) is 12.1. The van der Waals surface area contributed by atoms with Crippen molar-refractivity contribution < 1.29 is 8.78 Å². The lowest BCUT2D eigenvalue weighted by Gasteiger charge is -2.13. The molecule has 1 aromatic rings. The lowest BCUT2D eigenvalue weighted by atomic mass is 9.98. The molecule has 1 rings (SSSR count). The van der Waals surface area contributed by atoms with E-state index in [1.165, 1.54) is 12.1 Å². The van der Waals surface area contributed by atoms with Gasteiger partial charge in [0.25, 0.3) is 0 Å². The smallest absolute Gasteiger partial charge is 0.126 e. The summed E-state index contributed by atoms with van der Waals surface area (Å²) in [6.07, 6.45) is 1.38. The predicted octanol–water partition coefficient (Wildman–Crippen LogP) is 2.88. The van der Waals surface area contributed by atoms with Crippen molar-refractivity contribution in [3.05, 3.63) is 35.4 Å². The normalized spacial score (nSPS) is 13.2. The maximum atomic E-state index is 12.9. The zero-order chi connectivity index (χ0) is 11.4. The lowest BCUT2D eigenvalue weighted by Crippen LogP contribution is -2.24. The van der Waals surface area contributed by atoms with Gasteiger partial charge in [-0.05, 0) is 36.5 Å². The SMILES string of the molecule is CC(C)CC(N)Cc1cc(F)cc(F)c1. The van der Waals surface area contributed by atoms with E-state index in [4.69, 9.17) is 5.73 Å². The Morgan fingerprint density at radius 3 is 2.13 bits per heavy atom. The first-order valence-electron chi connectivity index (χ1n) is 5.18. The molecule has 1 aromatic carbocycles. The van der Waals surface area contributed by atoms with E-state index >= 15 is 0 Å². The zero-order valence-electron chi connectivity index (χ0n) is 9.13. The number of rotatable bonds is 4. The average molecular weight is 213 g/mol. The fourth-order valence-electron chi connectivity index (χ4n) is 1.72. The molecular formula is C12H17F2N. The predicted molar refractivity (Wildman–Crippen MR) is 57.5 cm³/mol. The Morgan fingerprint density at radius 2 is 1.67 bits per heavy atom. The molecule has 0 fully saturated rings. The summed E-state index contributed by atoms with van der Waals surface area (Å²) < 4.78 is 25.7. The fraction of sp³-hybridized carbons (Fsp3) is 0.500. The van der Waals surface area contributed by atoms with E-state index in [0.717, 1.165) is 12.5 Å². The van der Waals surface area contributed by atoms with Gasteiger partial charge in [0.05, 0.1) is 0 Å². The van der Waals surface area contributed by atoms with E-state index in [-0.39, 0.29) is 6.04 Å². The van der Waals surface area contributed by atoms with Crippen LogP contribution in [-0.2, 0) is 6.42 Å². The maximum absolute atomic E-state index is 12.9. The minimum atomic E-state index is -0.540. The summed E-state index contributed by atoms with van der Waals surface area (Å²) in [5, 5.41) is 0. The van der Waals surface area contributed by atoms with Crippen LogP contribution in [0.5, 0.6) is 0 Å². The highest BCUT2D eigenvalue weighted by atomic mass is 19.1. The van der Waals surface area contributed by atoms with Gasteiger partial charge in [-0.25, -0.2) is 8.78 Å². The second-order valence-corrected chi connectivity index (χ2v) is 4.37. The summed E-state index contributed by atoms with van der Waals surface area (Å²) in [7, 11) is 0. The third-order valence-corrected chi connectivity index (χ3v) is 2.19. The van der Waals surface area contributed by atoms with Gasteiger partial charge >= 0.3 is 0 Å². The fourth-order valence-corrected chi connectivity index (χ4v) is 1.72. The van der Waals surface area contributed by atoms with Gasteiger partial charge in [-0.3, -0.25) is 0 Å². The van der Waals surface area contributed by atoms with Crippen LogP contribution in [-0.4, -0.2) is 6.04 Å². The molecule has 0 saturated carbocycles. The minimum absolute atomic E-state index is 0.0359. The van der Waals surface area contributed by atoms with Crippen molar-refractivity contribution in [1.82, 2.24) is 0 Å². The van der Waals surface area contributed by atoms with Gasteiger partial charge in [0.15, 0.2) is 0 Å². The molecule has 0 spiro atoms. The van der Waals surface area contributed by atoms with Crippen molar-refractivity contribution in [3.8, 4) is 0 Å². The van der Waals surface area contributed by atoms with E-state index in [2.05, 4.69) is 13.8 Å². The number of hydrogen-bond acceptors (Lipinski definition) is 1. The standard InChI is InChI=1S/C12H17F2N/c1-8(2)3-12(15)6-9-4-10(13)7-11(14)5-9/h4-5,7-8,12H,3,6,15H2,1-2H3. The second-order valence-electron chi connectivity index (χ2n) is 4.37. The Hall–Kier alpha value is -0.960. The van der Waals surface area contributed by atoms with Crippen LogP contribution in [0.4, 0.5) is 8.78 Å². The van der Waals surface area contributed by atoms with Crippen LogP contribution in [0.2, 0.25) is 0 Å². The van der Waals surface area contributed by atoms with Crippen LogP contribution in [0.3, 0.4) is 0 Å². The number of nitrogens with two attached hydrogens (primary N) is 1. The Labute approximate surface area is 89.3 Å². The van der Waals surface area contributed by atoms with Gasteiger partial charge in [0.1, 0.15) is 11.6 Å². The second kappa shape index (κ2) is 5.21. The van der Waals surface area contributed by atoms with Gasteiger partial charge in [-0.15, -0.1) is 0 Å². The lowest BCUT2D eigenvalue weighted by molar-refractivity contribution is 0.491. The molecule has 0 amide bonds. The van der Waals surface area contributed by atoms with Crippen LogP contribution in [0.25, 0.3) is 0 Å². The minimum Gasteiger partial charge on any atom is -0.327 e. The number of halogens is 2. The van der Waals surface area contributed by atoms with Crippen LogP contribution in [0.15, 0.2) is 18.2 Å². The van der Waals surface area contributed by atoms with Gasteiger partial charge < -0.3 is 5.73 Å². The molecule has 1 unspecified atom stereocenters. The van der Waals surface area contributed by atoms with E-state index in [1.807, 2.05) is 0 Å². The monoisotopic (exact) mass is 213 g/mol. The molecular weight excluding hydrogens is 196 g/mol. The quantitative estimate of drug-likeness (QED) is 0.817. The third kappa shape index (κ3) is 4.38. The summed E-state index contributed by atoms with van der Waals surface area (Å²) >= 11 is 0. The van der Waals surface area contributed by atoms with Gasteiger partial charge in [-0.1, -0.05) is 13.8 Å². The third-order valence-electron chi connectivity index (χ3n) is 2.19. The van der Waals surface area contributed by atoms with Crippen molar-refractivity contribution in [2.24, 2.45) is 11.7 Å². The number of benzene rings is 1. The molecule has 84 valence electrons. The molecule has 1 nitrogen and oxygen atoms in total. The molecule has 0 saturated heterocycles. The molecule has 0 bridgehead atoms. The molecule has 0 aliphatic rings. The molecule has 1 atom stereocenters. The summed E-state index contributed by atoms with van der Waals surface area (Å²) in [5.74, 6) is -0.582. The highest BCUT2D eigenvalue weighted by Gasteiger charge is 2.08. The van der Waals surface area contributed by atoms with Gasteiger partial charge in [0, 0.05) is 12.1 Å². The summed E-state index contributed by atoms with van der Waals surface area (Å²) in [6.45, 7) is 4.15. The molecule has 3 heteroatoms. The van der Waals surface area contributed by atoms with E-state index in [9.17, 15) is 8.78 Å². The Morgan fingerprint density at radius 1 is 1.13 bits per heavy atom.